The molecule has 25 heavy (non-hydrogen) atoms. The Morgan fingerprint density at radius 2 is 1.92 bits per heavy atom. The molecule has 1 amide bonds. The highest BCUT2D eigenvalue weighted by Crippen LogP contribution is 2.16. The van der Waals surface area contributed by atoms with Crippen molar-refractivity contribution in [2.45, 2.75) is 69.5 Å². The molecule has 0 aliphatic heterocycles. The minimum absolute atomic E-state index is 0.0588. The zero-order chi connectivity index (χ0) is 18.3. The molecule has 0 fully saturated rings. The number of aromatic nitrogens is 1. The standard InChI is InChI=1S/C19H30Br2N2O2/c1-2-13-25-19-12-11-17(15-22-19)23-18(24)10-8-6-4-3-5-7-9-16(21)14-20/h11-12,15-16H,2-10,13-14H2,1H3,(H,23,24). The number of hydrogen-bond donors (Lipinski definition) is 1. The largest absolute Gasteiger partial charge is 0.478 e. The van der Waals surface area contributed by atoms with Gasteiger partial charge in [0.05, 0.1) is 18.5 Å². The van der Waals surface area contributed by atoms with Crippen LogP contribution in [-0.4, -0.2) is 27.7 Å². The average molecular weight is 478 g/mol. The third-order valence-corrected chi connectivity index (χ3v) is 6.24. The summed E-state index contributed by atoms with van der Waals surface area (Å²) >= 11 is 7.10. The Morgan fingerprint density at radius 3 is 2.56 bits per heavy atom. The van der Waals surface area contributed by atoms with E-state index in [1.54, 1.807) is 12.3 Å². The number of amides is 1. The molecule has 0 bridgehead atoms. The molecule has 0 aliphatic rings. The van der Waals surface area contributed by atoms with Crippen molar-refractivity contribution in [1.82, 2.24) is 4.98 Å². The van der Waals surface area contributed by atoms with E-state index in [1.165, 1.54) is 32.1 Å². The number of nitrogens with one attached hydrogen (secondary N) is 1. The number of anilines is 1. The summed E-state index contributed by atoms with van der Waals surface area (Å²) in [6, 6.07) is 3.62. The van der Waals surface area contributed by atoms with Gasteiger partial charge >= 0.3 is 0 Å². The quantitative estimate of drug-likeness (QED) is 0.260. The fourth-order valence-electron chi connectivity index (χ4n) is 2.41. The van der Waals surface area contributed by atoms with Crippen LogP contribution in [0, 0.1) is 0 Å². The second-order valence-electron chi connectivity index (χ2n) is 6.19. The van der Waals surface area contributed by atoms with E-state index in [2.05, 4.69) is 49.1 Å². The predicted octanol–water partition coefficient (Wildman–Crippen LogP) is 6.09. The molecule has 1 atom stereocenters. The van der Waals surface area contributed by atoms with Crippen LogP contribution >= 0.6 is 31.9 Å². The molecule has 0 saturated heterocycles. The van der Waals surface area contributed by atoms with Crippen LogP contribution in [0.5, 0.6) is 5.88 Å². The Bertz CT molecular complexity index is 469. The molecule has 1 unspecified atom stereocenters. The summed E-state index contributed by atoms with van der Waals surface area (Å²) < 4.78 is 5.43. The maximum Gasteiger partial charge on any atom is 0.224 e. The molecule has 1 rings (SSSR count). The van der Waals surface area contributed by atoms with Crippen molar-refractivity contribution >= 4 is 43.5 Å². The Labute approximate surface area is 168 Å². The van der Waals surface area contributed by atoms with Crippen molar-refractivity contribution in [3.8, 4) is 5.88 Å². The van der Waals surface area contributed by atoms with Crippen molar-refractivity contribution in [1.29, 1.82) is 0 Å². The van der Waals surface area contributed by atoms with Gasteiger partial charge in [0.1, 0.15) is 0 Å². The van der Waals surface area contributed by atoms with Crippen LogP contribution in [0.4, 0.5) is 5.69 Å². The first-order valence-corrected chi connectivity index (χ1v) is 11.3. The van der Waals surface area contributed by atoms with Crippen LogP contribution in [0.15, 0.2) is 18.3 Å². The second kappa shape index (κ2) is 14.5. The summed E-state index contributed by atoms with van der Waals surface area (Å²) in [5.41, 5.74) is 0.727. The zero-order valence-electron chi connectivity index (χ0n) is 15.1. The molecule has 0 spiro atoms. The van der Waals surface area contributed by atoms with Crippen LogP contribution in [0.3, 0.4) is 0 Å². The van der Waals surface area contributed by atoms with Gasteiger partial charge in [-0.2, -0.15) is 0 Å². The lowest BCUT2D eigenvalue weighted by atomic mass is 10.1. The number of nitrogens with zero attached hydrogens (tertiary/aromatic N) is 1. The molecule has 1 aromatic rings. The molecule has 0 aliphatic carbocycles. The molecular weight excluding hydrogens is 448 g/mol. The summed E-state index contributed by atoms with van der Waals surface area (Å²) in [5, 5.41) is 3.91. The Kier molecular flexibility index (Phi) is 13.0. The molecule has 0 aromatic carbocycles. The number of ether oxygens (including phenoxy) is 1. The third-order valence-electron chi connectivity index (χ3n) is 3.81. The number of unbranched alkanes of at least 4 members (excludes halogenated alkanes) is 5. The highest BCUT2D eigenvalue weighted by molar-refractivity contribution is 9.12. The lowest BCUT2D eigenvalue weighted by molar-refractivity contribution is -0.116. The van der Waals surface area contributed by atoms with Crippen LogP contribution in [0.25, 0.3) is 0 Å². The van der Waals surface area contributed by atoms with Gasteiger partial charge < -0.3 is 10.1 Å². The van der Waals surface area contributed by atoms with E-state index in [1.807, 2.05) is 6.07 Å². The van der Waals surface area contributed by atoms with Crippen molar-refractivity contribution in [3.05, 3.63) is 18.3 Å². The monoisotopic (exact) mass is 476 g/mol. The van der Waals surface area contributed by atoms with Gasteiger partial charge in [0.15, 0.2) is 0 Å². The molecule has 4 nitrogen and oxygen atoms in total. The Balaban J connectivity index is 2.05. The van der Waals surface area contributed by atoms with E-state index in [9.17, 15) is 4.79 Å². The maximum absolute atomic E-state index is 11.9. The molecule has 1 N–H and O–H groups in total. The molecule has 0 radical (unpaired) electrons. The maximum atomic E-state index is 11.9. The number of rotatable bonds is 14. The van der Waals surface area contributed by atoms with E-state index >= 15 is 0 Å². The SMILES string of the molecule is CCCOc1ccc(NC(=O)CCCCCCCCC(Br)CBr)cn1. The van der Waals surface area contributed by atoms with Crippen LogP contribution in [0.1, 0.15) is 64.7 Å². The van der Waals surface area contributed by atoms with Gasteiger partial charge in [-0.3, -0.25) is 4.79 Å². The summed E-state index contributed by atoms with van der Waals surface area (Å²) in [4.78, 5) is 16.7. The first-order chi connectivity index (χ1) is 12.2. The number of alkyl halides is 2. The highest BCUT2D eigenvalue weighted by atomic mass is 79.9. The second-order valence-corrected chi connectivity index (χ2v) is 8.14. The van der Waals surface area contributed by atoms with E-state index in [-0.39, 0.29) is 5.91 Å². The summed E-state index contributed by atoms with van der Waals surface area (Å²) in [6.07, 6.45) is 11.5. The summed E-state index contributed by atoms with van der Waals surface area (Å²) in [6.45, 7) is 2.71. The summed E-state index contributed by atoms with van der Waals surface area (Å²) in [5.74, 6) is 0.658. The van der Waals surface area contributed by atoms with Crippen molar-refractivity contribution in [2.24, 2.45) is 0 Å². The van der Waals surface area contributed by atoms with Gasteiger partial charge in [0.25, 0.3) is 0 Å². The first kappa shape index (κ1) is 22.4. The average Bonchev–Trinajstić information content (AvgIpc) is 2.63. The minimum Gasteiger partial charge on any atom is -0.478 e. The van der Waals surface area contributed by atoms with E-state index < -0.39 is 0 Å². The van der Waals surface area contributed by atoms with Gasteiger partial charge in [0.2, 0.25) is 11.8 Å². The predicted molar refractivity (Wildman–Crippen MR) is 112 cm³/mol. The number of halogens is 2. The van der Waals surface area contributed by atoms with Gasteiger partial charge in [-0.1, -0.05) is 70.9 Å². The molecule has 1 heterocycles. The molecule has 142 valence electrons. The normalized spacial score (nSPS) is 12.0. The first-order valence-electron chi connectivity index (χ1n) is 9.24. The molecule has 0 saturated carbocycles. The lowest BCUT2D eigenvalue weighted by Crippen LogP contribution is -2.11. The molecule has 1 aromatic heterocycles. The third kappa shape index (κ3) is 11.6. The minimum atomic E-state index is 0.0588. The van der Waals surface area contributed by atoms with Crippen LogP contribution in [0.2, 0.25) is 0 Å². The van der Waals surface area contributed by atoms with E-state index in [4.69, 9.17) is 4.74 Å². The zero-order valence-corrected chi connectivity index (χ0v) is 18.3. The van der Waals surface area contributed by atoms with Gasteiger partial charge in [-0.25, -0.2) is 4.98 Å². The van der Waals surface area contributed by atoms with Crippen molar-refractivity contribution in [3.63, 3.8) is 0 Å². The van der Waals surface area contributed by atoms with E-state index in [0.717, 1.165) is 30.3 Å². The number of carbonyl (C=O) groups excluding carboxylic acids is 1. The fourth-order valence-corrected chi connectivity index (χ4v) is 3.05. The van der Waals surface area contributed by atoms with Gasteiger partial charge in [-0.15, -0.1) is 0 Å². The lowest BCUT2D eigenvalue weighted by Gasteiger charge is -2.07. The molecule has 6 heteroatoms. The van der Waals surface area contributed by atoms with Crippen LogP contribution < -0.4 is 10.1 Å². The van der Waals surface area contributed by atoms with Crippen LogP contribution in [-0.2, 0) is 4.79 Å². The highest BCUT2D eigenvalue weighted by Gasteiger charge is 2.04. The van der Waals surface area contributed by atoms with E-state index in [0.29, 0.717) is 23.7 Å². The number of hydrogen-bond acceptors (Lipinski definition) is 3. The molecular formula is C19H30Br2N2O2. The van der Waals surface area contributed by atoms with Gasteiger partial charge in [0, 0.05) is 22.6 Å². The van der Waals surface area contributed by atoms with Crippen molar-refractivity contribution in [2.75, 3.05) is 17.3 Å². The van der Waals surface area contributed by atoms with Crippen molar-refractivity contribution < 1.29 is 9.53 Å². The number of pyridine rings is 1. The summed E-state index contributed by atoms with van der Waals surface area (Å²) in [7, 11) is 0. The Hall–Kier alpha value is -0.620. The fraction of sp³-hybridized carbons (Fsp3) is 0.684. The Morgan fingerprint density at radius 1 is 1.20 bits per heavy atom. The van der Waals surface area contributed by atoms with Gasteiger partial charge in [-0.05, 0) is 25.3 Å². The topological polar surface area (TPSA) is 51.2 Å². The number of carbonyl (C=O) groups is 1. The smallest absolute Gasteiger partial charge is 0.224 e.